The molecule has 0 amide bonds. The minimum atomic E-state index is -1.80. The van der Waals surface area contributed by atoms with Crippen LogP contribution in [-0.4, -0.2) is 16.2 Å². The molecular formula is C67H62N4O. The second kappa shape index (κ2) is 17.5. The van der Waals surface area contributed by atoms with Crippen LogP contribution < -0.4 is 14.5 Å². The normalized spacial score (nSPS) is 17.7. The summed E-state index contributed by atoms with van der Waals surface area (Å²) in [5.74, 6) is 1.07. The highest BCUT2D eigenvalue weighted by molar-refractivity contribution is 6.09. The largest absolute Gasteiger partial charge is 0.457 e. The van der Waals surface area contributed by atoms with Crippen LogP contribution in [0, 0.1) is 5.41 Å². The number of ether oxygens (including phenoxy) is 1. The number of pyridine rings is 1. The number of fused-ring (bicyclic) bond motifs is 5. The van der Waals surface area contributed by atoms with Gasteiger partial charge >= 0.3 is 0 Å². The molecular weight excluding hydrogens is 877 g/mol. The molecule has 356 valence electrons. The third kappa shape index (κ3) is 8.21. The lowest BCUT2D eigenvalue weighted by Gasteiger charge is -2.42. The fourth-order valence-electron chi connectivity index (χ4n) is 10.4. The Morgan fingerprint density at radius 3 is 2.07 bits per heavy atom. The first-order valence-corrected chi connectivity index (χ1v) is 24.5. The number of anilines is 4. The summed E-state index contributed by atoms with van der Waals surface area (Å²) in [5.41, 5.74) is 5.19. The number of hydrogen-bond donors (Lipinski definition) is 0. The van der Waals surface area contributed by atoms with Crippen molar-refractivity contribution in [2.45, 2.75) is 78.5 Å². The molecule has 2 aromatic heterocycles. The Morgan fingerprint density at radius 2 is 1.28 bits per heavy atom. The summed E-state index contributed by atoms with van der Waals surface area (Å²) in [6, 6.07) is 35.9. The number of hydrogen-bond acceptors (Lipinski definition) is 4. The van der Waals surface area contributed by atoms with Crippen molar-refractivity contribution >= 4 is 44.6 Å². The van der Waals surface area contributed by atoms with E-state index in [2.05, 4.69) is 37.6 Å². The van der Waals surface area contributed by atoms with E-state index in [0.29, 0.717) is 61.6 Å². The molecule has 1 aliphatic carbocycles. The van der Waals surface area contributed by atoms with Gasteiger partial charge in [0.1, 0.15) is 24.0 Å². The second-order valence-corrected chi connectivity index (χ2v) is 21.2. The van der Waals surface area contributed by atoms with Gasteiger partial charge in [0.25, 0.3) is 0 Å². The first-order chi connectivity index (χ1) is 40.2. The molecule has 5 nitrogen and oxygen atoms in total. The van der Waals surface area contributed by atoms with Crippen molar-refractivity contribution < 1.29 is 22.6 Å². The van der Waals surface area contributed by atoms with E-state index in [1.54, 1.807) is 71.3 Å². The van der Waals surface area contributed by atoms with Crippen LogP contribution in [0.3, 0.4) is 0 Å². The molecule has 0 N–H and O–H groups in total. The second-order valence-electron chi connectivity index (χ2n) is 21.2. The van der Waals surface area contributed by atoms with Crippen LogP contribution in [0.1, 0.15) is 95.8 Å². The van der Waals surface area contributed by atoms with Crippen LogP contribution in [0.25, 0.3) is 61.0 Å². The summed E-state index contributed by atoms with van der Waals surface area (Å²) in [5, 5.41) is 0.795. The Kier molecular flexibility index (Phi) is 7.97. The van der Waals surface area contributed by atoms with Crippen molar-refractivity contribution in [1.29, 1.82) is 0 Å². The Bertz CT molecular complexity index is 4440. The number of nitrogens with zero attached hydrogens (tertiary/aromatic N) is 4. The molecule has 0 fully saturated rings. The molecule has 8 aromatic carbocycles. The van der Waals surface area contributed by atoms with Crippen molar-refractivity contribution in [2.75, 3.05) is 16.5 Å². The molecule has 1 aliphatic heterocycles. The van der Waals surface area contributed by atoms with E-state index < -0.39 is 28.7 Å². The Morgan fingerprint density at radius 1 is 0.583 bits per heavy atom. The number of benzene rings is 8. The van der Waals surface area contributed by atoms with E-state index in [9.17, 15) is 8.22 Å². The fraction of sp³-hybridized carbons (Fsp3) is 0.209. The topological polar surface area (TPSA) is 33.5 Å². The van der Waals surface area contributed by atoms with Crippen molar-refractivity contribution in [3.05, 3.63) is 217 Å². The van der Waals surface area contributed by atoms with Crippen molar-refractivity contribution in [2.24, 2.45) is 5.41 Å². The Hall–Kier alpha value is -7.89. The van der Waals surface area contributed by atoms with Gasteiger partial charge in [0.2, 0.25) is 0 Å². The van der Waals surface area contributed by atoms with Crippen molar-refractivity contribution in [3.8, 4) is 50.7 Å². The molecule has 0 saturated carbocycles. The summed E-state index contributed by atoms with van der Waals surface area (Å²) in [4.78, 5) is 8.79. The zero-order valence-electron chi connectivity index (χ0n) is 54.5. The molecule has 0 radical (unpaired) electrons. The maximum atomic E-state index is 10.2. The minimum absolute atomic E-state index is 0.0503. The molecule has 0 saturated heterocycles. The summed E-state index contributed by atoms with van der Waals surface area (Å²) in [7, 11) is 0. The molecule has 2 aliphatic rings. The molecule has 0 unspecified atom stereocenters. The first kappa shape index (κ1) is 32.9. The van der Waals surface area contributed by atoms with Crippen molar-refractivity contribution in [1.82, 2.24) is 9.55 Å². The lowest BCUT2D eigenvalue weighted by Crippen LogP contribution is -2.33. The molecule has 3 heterocycles. The van der Waals surface area contributed by atoms with Gasteiger partial charge in [-0.3, -0.25) is 4.57 Å². The van der Waals surface area contributed by atoms with Crippen LogP contribution in [0.15, 0.2) is 200 Å². The predicted molar refractivity (Wildman–Crippen MR) is 302 cm³/mol. The maximum absolute atomic E-state index is 10.2. The highest BCUT2D eigenvalue weighted by atomic mass is 16.5. The van der Waals surface area contributed by atoms with E-state index in [-0.39, 0.29) is 101 Å². The van der Waals surface area contributed by atoms with E-state index in [4.69, 9.17) is 14.3 Å². The molecule has 12 rings (SSSR count). The quantitative estimate of drug-likeness (QED) is 0.144. The third-order valence-corrected chi connectivity index (χ3v) is 14.0. The van der Waals surface area contributed by atoms with Gasteiger partial charge in [-0.15, -0.1) is 0 Å². The lowest BCUT2D eigenvalue weighted by molar-refractivity contribution is 0.332. The monoisotopic (exact) mass is 952 g/mol. The molecule has 0 spiro atoms. The predicted octanol–water partition coefficient (Wildman–Crippen LogP) is 18.2. The number of para-hydroxylation sites is 4. The van der Waals surface area contributed by atoms with Gasteiger partial charge in [-0.05, 0) is 135 Å². The smallest absolute Gasteiger partial charge is 0.137 e. The Balaban J connectivity index is 1.02. The molecule has 0 bridgehead atoms. The van der Waals surface area contributed by atoms with Gasteiger partial charge in [-0.25, -0.2) is 4.98 Å². The van der Waals surface area contributed by atoms with Gasteiger partial charge in [-0.1, -0.05) is 170 Å². The minimum Gasteiger partial charge on any atom is -0.457 e. The van der Waals surface area contributed by atoms with E-state index >= 15 is 0 Å². The summed E-state index contributed by atoms with van der Waals surface area (Å²) >= 11 is 0. The molecule has 5 heteroatoms. The van der Waals surface area contributed by atoms with Crippen molar-refractivity contribution in [3.63, 3.8) is 0 Å². The van der Waals surface area contributed by atoms with Gasteiger partial charge in [0, 0.05) is 48.7 Å². The third-order valence-electron chi connectivity index (χ3n) is 14.0. The van der Waals surface area contributed by atoms with Crippen LogP contribution in [-0.2, 0) is 17.2 Å². The van der Waals surface area contributed by atoms with Crippen LogP contribution in [0.5, 0.6) is 11.5 Å². The highest BCUT2D eigenvalue weighted by Gasteiger charge is 2.38. The summed E-state index contributed by atoms with van der Waals surface area (Å²) in [6.45, 7) is 13.9. The number of aromatic nitrogens is 2. The highest BCUT2D eigenvalue weighted by Crippen LogP contribution is 2.53. The van der Waals surface area contributed by atoms with Crippen LogP contribution in [0.2, 0.25) is 0 Å². The van der Waals surface area contributed by atoms with E-state index in [1.165, 1.54) is 6.20 Å². The van der Waals surface area contributed by atoms with E-state index in [0.717, 1.165) is 29.8 Å². The fourth-order valence-corrected chi connectivity index (χ4v) is 10.4. The maximum Gasteiger partial charge on any atom is 0.137 e. The average Bonchev–Trinajstić information content (AvgIpc) is 2.06. The van der Waals surface area contributed by atoms with Gasteiger partial charge in [0.15, 0.2) is 0 Å². The first-order valence-electron chi connectivity index (χ1n) is 31.0. The van der Waals surface area contributed by atoms with Gasteiger partial charge in [-0.2, -0.15) is 0 Å². The van der Waals surface area contributed by atoms with E-state index in [1.807, 2.05) is 86.3 Å². The summed E-state index contributed by atoms with van der Waals surface area (Å²) < 4.78 is 130. The number of rotatable bonds is 9. The average molecular weight is 952 g/mol. The SMILES string of the molecule is [2H]c1c([2H])c(-c2ccccc2)c([2H])c(-c2cccc(-c3c([2H])c([2H])c4c(c3[2H])C(C)(C)CCC4(C)C)c2N2CN(c3cccc(Oc4ccc5c6c([2H])c([2H])c([2H])c([2H])c6n(-c6cc(C([2H])([2H])C(C)(C)C)ccn6)c5c4)c3)c3ccccc32)c1[2H]. The standard InChI is InChI=1S/C67H62N4O/c1-65(2,3)43-45-34-37-68-63(38-45)71-59-27-12-11-24-55(59)56-32-31-52(42-62(56)71)72-51-23-16-22-50(41-51)69-44-70(61-29-14-13-28-60(61)69)64-53(48-21-15-20-47(39-48)46-18-9-8-10-19-46)25-17-26-54(64)49-30-33-57-58(40-49)67(6,7)36-35-66(57,4)5/h8-34,37-42H,35-36,43-44H2,1-7H3/i11D,12D,15D,20D,21D,24D,27D,30D,33D,39D,40D,43D2. The van der Waals surface area contributed by atoms with Gasteiger partial charge in [0.05, 0.1) is 43.2 Å². The zero-order chi connectivity index (χ0) is 60.7. The Labute approximate surface area is 443 Å². The summed E-state index contributed by atoms with van der Waals surface area (Å²) in [6.07, 6.45) is 1.25. The molecule has 0 atom stereocenters. The molecule has 10 aromatic rings. The molecule has 72 heavy (non-hydrogen) atoms. The van der Waals surface area contributed by atoms with Crippen LogP contribution >= 0.6 is 0 Å². The lowest BCUT2D eigenvalue weighted by atomic mass is 9.63. The van der Waals surface area contributed by atoms with Crippen LogP contribution in [0.4, 0.5) is 22.7 Å². The zero-order valence-corrected chi connectivity index (χ0v) is 41.5. The van der Waals surface area contributed by atoms with Gasteiger partial charge < -0.3 is 14.5 Å².